The summed E-state index contributed by atoms with van der Waals surface area (Å²) in [6.07, 6.45) is 1.63. The quantitative estimate of drug-likeness (QED) is 0.510. The Balaban J connectivity index is 1.64. The number of nitrogens with zero attached hydrogens (tertiary/aromatic N) is 1. The Bertz CT molecular complexity index is 858. The fourth-order valence-corrected chi connectivity index (χ4v) is 2.65. The van der Waals surface area contributed by atoms with Crippen molar-refractivity contribution in [3.63, 3.8) is 0 Å². The molecule has 3 nitrogen and oxygen atoms in total. The maximum atomic E-state index is 12.0. The number of benzene rings is 3. The molecule has 3 aromatic rings. The van der Waals surface area contributed by atoms with Gasteiger partial charge in [-0.3, -0.25) is 4.79 Å². The smallest absolute Gasteiger partial charge is 0.267 e. The number of hydrazone groups is 1. The molecule has 4 heteroatoms. The van der Waals surface area contributed by atoms with E-state index in [1.54, 1.807) is 18.3 Å². The molecule has 0 aliphatic heterocycles. The predicted octanol–water partition coefficient (Wildman–Crippen LogP) is 4.88. The van der Waals surface area contributed by atoms with Crippen molar-refractivity contribution in [1.29, 1.82) is 0 Å². The van der Waals surface area contributed by atoms with Crippen molar-refractivity contribution in [3.8, 4) is 11.1 Å². The molecule has 0 aliphatic rings. The topological polar surface area (TPSA) is 41.5 Å². The minimum absolute atomic E-state index is 0.242. The summed E-state index contributed by atoms with van der Waals surface area (Å²) < 4.78 is 0.857. The molecule has 0 unspecified atom stereocenters. The minimum Gasteiger partial charge on any atom is -0.267 e. The third kappa shape index (κ3) is 4.18. The van der Waals surface area contributed by atoms with Gasteiger partial charge in [-0.05, 0) is 34.9 Å². The molecule has 118 valence electrons. The van der Waals surface area contributed by atoms with Gasteiger partial charge in [0.25, 0.3) is 5.91 Å². The van der Waals surface area contributed by atoms with Crippen molar-refractivity contribution >= 4 is 28.1 Å². The molecule has 0 bridgehead atoms. The van der Waals surface area contributed by atoms with Crippen molar-refractivity contribution in [2.45, 2.75) is 0 Å². The normalized spacial score (nSPS) is 10.7. The Hall–Kier alpha value is -2.72. The number of hydrogen-bond acceptors (Lipinski definition) is 2. The van der Waals surface area contributed by atoms with Crippen LogP contribution in [0.25, 0.3) is 11.1 Å². The Labute approximate surface area is 149 Å². The number of halogens is 1. The number of rotatable bonds is 4. The third-order valence-corrected chi connectivity index (χ3v) is 3.98. The molecular weight excluding hydrogens is 364 g/mol. The van der Waals surface area contributed by atoms with Crippen LogP contribution in [0, 0.1) is 0 Å². The first-order valence-electron chi connectivity index (χ1n) is 7.47. The maximum absolute atomic E-state index is 12.0. The van der Waals surface area contributed by atoms with E-state index in [-0.39, 0.29) is 5.91 Å². The van der Waals surface area contributed by atoms with Gasteiger partial charge in [-0.1, -0.05) is 76.6 Å². The Morgan fingerprint density at radius 1 is 0.875 bits per heavy atom. The first-order chi connectivity index (χ1) is 11.7. The van der Waals surface area contributed by atoms with Crippen LogP contribution in [0.15, 0.2) is 88.4 Å². The van der Waals surface area contributed by atoms with Crippen molar-refractivity contribution in [2.24, 2.45) is 5.10 Å². The largest absolute Gasteiger partial charge is 0.271 e. The van der Waals surface area contributed by atoms with E-state index in [4.69, 9.17) is 0 Å². The van der Waals surface area contributed by atoms with E-state index in [0.717, 1.165) is 15.6 Å². The van der Waals surface area contributed by atoms with E-state index in [1.165, 1.54) is 5.56 Å². The lowest BCUT2D eigenvalue weighted by atomic mass is 10.0. The fraction of sp³-hybridized carbons (Fsp3) is 0. The molecular formula is C20H15BrN2O. The lowest BCUT2D eigenvalue weighted by molar-refractivity contribution is 0.0955. The van der Waals surface area contributed by atoms with E-state index in [1.807, 2.05) is 54.6 Å². The van der Waals surface area contributed by atoms with Gasteiger partial charge < -0.3 is 0 Å². The number of amides is 1. The van der Waals surface area contributed by atoms with Crippen LogP contribution < -0.4 is 5.43 Å². The summed E-state index contributed by atoms with van der Waals surface area (Å²) in [7, 11) is 0. The molecule has 0 saturated heterocycles. The van der Waals surface area contributed by atoms with Crippen LogP contribution in [0.4, 0.5) is 0 Å². The molecule has 0 aromatic heterocycles. The molecule has 3 rings (SSSR count). The molecule has 1 N–H and O–H groups in total. The van der Waals surface area contributed by atoms with Gasteiger partial charge in [0.15, 0.2) is 0 Å². The monoisotopic (exact) mass is 378 g/mol. The van der Waals surface area contributed by atoms with Gasteiger partial charge >= 0.3 is 0 Å². The minimum atomic E-state index is -0.242. The molecule has 0 radical (unpaired) electrons. The van der Waals surface area contributed by atoms with Crippen LogP contribution in [0.2, 0.25) is 0 Å². The van der Waals surface area contributed by atoms with Gasteiger partial charge in [0, 0.05) is 10.0 Å². The lowest BCUT2D eigenvalue weighted by Crippen LogP contribution is -2.17. The second kappa shape index (κ2) is 7.70. The molecule has 0 saturated carbocycles. The van der Waals surface area contributed by atoms with E-state index in [2.05, 4.69) is 38.6 Å². The number of carbonyl (C=O) groups is 1. The van der Waals surface area contributed by atoms with E-state index >= 15 is 0 Å². The highest BCUT2D eigenvalue weighted by Crippen LogP contribution is 2.18. The highest BCUT2D eigenvalue weighted by Gasteiger charge is 2.03. The van der Waals surface area contributed by atoms with Crippen LogP contribution in [0.5, 0.6) is 0 Å². The summed E-state index contributed by atoms with van der Waals surface area (Å²) >= 11 is 3.34. The first kappa shape index (κ1) is 16.1. The molecule has 3 aromatic carbocycles. The lowest BCUT2D eigenvalue weighted by Gasteiger charge is -2.02. The molecule has 0 fully saturated rings. The molecule has 0 heterocycles. The Kier molecular flexibility index (Phi) is 5.18. The van der Waals surface area contributed by atoms with Gasteiger partial charge in [0.2, 0.25) is 0 Å². The van der Waals surface area contributed by atoms with E-state index in [0.29, 0.717) is 5.56 Å². The van der Waals surface area contributed by atoms with Crippen LogP contribution in [-0.4, -0.2) is 12.1 Å². The molecule has 0 aliphatic carbocycles. The zero-order valence-corrected chi connectivity index (χ0v) is 14.4. The zero-order chi connectivity index (χ0) is 16.8. The summed E-state index contributed by atoms with van der Waals surface area (Å²) in [6, 6.07) is 25.3. The average Bonchev–Trinajstić information content (AvgIpc) is 2.63. The molecule has 0 atom stereocenters. The molecule has 1 amide bonds. The van der Waals surface area contributed by atoms with Crippen molar-refractivity contribution in [3.05, 3.63) is 94.5 Å². The third-order valence-electron chi connectivity index (χ3n) is 3.48. The van der Waals surface area contributed by atoms with Crippen molar-refractivity contribution < 1.29 is 4.79 Å². The second-order valence-corrected chi connectivity index (χ2v) is 6.11. The summed E-state index contributed by atoms with van der Waals surface area (Å²) in [6.45, 7) is 0. The maximum Gasteiger partial charge on any atom is 0.271 e. The summed E-state index contributed by atoms with van der Waals surface area (Å²) in [5.41, 5.74) is 6.32. The fourth-order valence-electron chi connectivity index (χ4n) is 2.25. The highest BCUT2D eigenvalue weighted by molar-refractivity contribution is 9.10. The molecule has 24 heavy (non-hydrogen) atoms. The summed E-state index contributed by atoms with van der Waals surface area (Å²) in [5.74, 6) is -0.242. The Morgan fingerprint density at radius 3 is 2.29 bits per heavy atom. The first-order valence-corrected chi connectivity index (χ1v) is 8.26. The Morgan fingerprint density at radius 2 is 1.58 bits per heavy atom. The average molecular weight is 379 g/mol. The van der Waals surface area contributed by atoms with Crippen molar-refractivity contribution in [1.82, 2.24) is 5.43 Å². The van der Waals surface area contributed by atoms with Gasteiger partial charge in [0.1, 0.15) is 0 Å². The predicted molar refractivity (Wildman–Crippen MR) is 101 cm³/mol. The van der Waals surface area contributed by atoms with Gasteiger partial charge in [-0.25, -0.2) is 5.43 Å². The SMILES string of the molecule is O=C(N/N=C\c1ccc(-c2ccccc2)cc1)c1cccc(Br)c1. The molecule has 0 spiro atoms. The van der Waals surface area contributed by atoms with Crippen LogP contribution in [0.1, 0.15) is 15.9 Å². The van der Waals surface area contributed by atoms with E-state index in [9.17, 15) is 4.79 Å². The number of nitrogens with one attached hydrogen (secondary N) is 1. The highest BCUT2D eigenvalue weighted by atomic mass is 79.9. The number of hydrogen-bond donors (Lipinski definition) is 1. The van der Waals surface area contributed by atoms with Crippen LogP contribution in [0.3, 0.4) is 0 Å². The van der Waals surface area contributed by atoms with Gasteiger partial charge in [-0.2, -0.15) is 5.10 Å². The van der Waals surface area contributed by atoms with E-state index < -0.39 is 0 Å². The van der Waals surface area contributed by atoms with Crippen LogP contribution in [-0.2, 0) is 0 Å². The zero-order valence-electron chi connectivity index (χ0n) is 12.8. The van der Waals surface area contributed by atoms with Crippen LogP contribution >= 0.6 is 15.9 Å². The summed E-state index contributed by atoms with van der Waals surface area (Å²) in [4.78, 5) is 12.0. The number of carbonyl (C=O) groups excluding carboxylic acids is 1. The standard InChI is InChI=1S/C20H15BrN2O/c21-19-8-4-7-18(13-19)20(24)23-22-14-15-9-11-17(12-10-15)16-5-2-1-3-6-16/h1-14H,(H,23,24)/b22-14-. The second-order valence-electron chi connectivity index (χ2n) is 5.20. The van der Waals surface area contributed by atoms with Crippen molar-refractivity contribution in [2.75, 3.05) is 0 Å². The van der Waals surface area contributed by atoms with Gasteiger partial charge in [-0.15, -0.1) is 0 Å². The summed E-state index contributed by atoms with van der Waals surface area (Å²) in [5, 5.41) is 4.01. The van der Waals surface area contributed by atoms with Gasteiger partial charge in [0.05, 0.1) is 6.21 Å².